The SMILES string of the molecule is CC(=O)N1CCc2nnc(C3CCN(Cc4ccccc4Cl)CC3)n2CC1. The molecule has 0 spiro atoms. The number of halogens is 1. The average molecular weight is 388 g/mol. The van der Waals surface area contributed by atoms with Crippen LogP contribution >= 0.6 is 11.6 Å². The monoisotopic (exact) mass is 387 g/mol. The molecule has 7 heteroatoms. The molecule has 27 heavy (non-hydrogen) atoms. The molecule has 1 amide bonds. The van der Waals surface area contributed by atoms with Crippen molar-refractivity contribution in [2.24, 2.45) is 0 Å². The summed E-state index contributed by atoms with van der Waals surface area (Å²) in [5, 5.41) is 9.80. The predicted molar refractivity (Wildman–Crippen MR) is 105 cm³/mol. The number of nitrogens with zero attached hydrogens (tertiary/aromatic N) is 5. The maximum atomic E-state index is 11.7. The van der Waals surface area contributed by atoms with E-state index in [0.29, 0.717) is 5.92 Å². The number of carbonyl (C=O) groups is 1. The topological polar surface area (TPSA) is 54.3 Å². The zero-order chi connectivity index (χ0) is 18.8. The van der Waals surface area contributed by atoms with Crippen molar-refractivity contribution in [3.63, 3.8) is 0 Å². The molecule has 144 valence electrons. The molecule has 6 nitrogen and oxygen atoms in total. The Morgan fingerprint density at radius 3 is 2.63 bits per heavy atom. The van der Waals surface area contributed by atoms with Crippen LogP contribution in [0.2, 0.25) is 5.02 Å². The van der Waals surface area contributed by atoms with E-state index >= 15 is 0 Å². The van der Waals surface area contributed by atoms with Crippen molar-refractivity contribution in [3.05, 3.63) is 46.5 Å². The summed E-state index contributed by atoms with van der Waals surface area (Å²) in [4.78, 5) is 16.1. The van der Waals surface area contributed by atoms with Gasteiger partial charge in [0.25, 0.3) is 0 Å². The zero-order valence-corrected chi connectivity index (χ0v) is 16.5. The lowest BCUT2D eigenvalue weighted by Crippen LogP contribution is -2.34. The van der Waals surface area contributed by atoms with Crippen LogP contribution in [0.3, 0.4) is 0 Å². The summed E-state index contributed by atoms with van der Waals surface area (Å²) in [7, 11) is 0. The van der Waals surface area contributed by atoms with Crippen LogP contribution in [0.4, 0.5) is 0 Å². The smallest absolute Gasteiger partial charge is 0.219 e. The summed E-state index contributed by atoms with van der Waals surface area (Å²) in [5.74, 6) is 2.71. The van der Waals surface area contributed by atoms with Crippen LogP contribution < -0.4 is 0 Å². The minimum Gasteiger partial charge on any atom is -0.341 e. The number of rotatable bonds is 3. The van der Waals surface area contributed by atoms with Gasteiger partial charge in [0.05, 0.1) is 0 Å². The van der Waals surface area contributed by atoms with E-state index < -0.39 is 0 Å². The van der Waals surface area contributed by atoms with Crippen molar-refractivity contribution in [3.8, 4) is 0 Å². The van der Waals surface area contributed by atoms with Gasteiger partial charge < -0.3 is 9.47 Å². The Kier molecular flexibility index (Phi) is 5.45. The first-order valence-electron chi connectivity index (χ1n) is 9.75. The van der Waals surface area contributed by atoms with Crippen molar-refractivity contribution in [1.82, 2.24) is 24.6 Å². The van der Waals surface area contributed by atoms with E-state index in [0.717, 1.165) is 75.2 Å². The Morgan fingerprint density at radius 2 is 1.89 bits per heavy atom. The molecule has 0 atom stereocenters. The first kappa shape index (κ1) is 18.4. The van der Waals surface area contributed by atoms with Crippen LogP contribution in [-0.4, -0.2) is 56.7 Å². The number of amides is 1. The van der Waals surface area contributed by atoms with Gasteiger partial charge in [-0.2, -0.15) is 0 Å². The molecule has 0 radical (unpaired) electrons. The third-order valence-corrected chi connectivity index (χ3v) is 6.17. The van der Waals surface area contributed by atoms with E-state index in [1.54, 1.807) is 6.92 Å². The highest BCUT2D eigenvalue weighted by molar-refractivity contribution is 6.31. The van der Waals surface area contributed by atoms with Crippen LogP contribution in [0.5, 0.6) is 0 Å². The highest BCUT2D eigenvalue weighted by Crippen LogP contribution is 2.29. The van der Waals surface area contributed by atoms with E-state index in [1.165, 1.54) is 5.56 Å². The Morgan fingerprint density at radius 1 is 1.11 bits per heavy atom. The number of aromatic nitrogens is 3. The van der Waals surface area contributed by atoms with E-state index in [9.17, 15) is 4.79 Å². The Balaban J connectivity index is 1.39. The maximum absolute atomic E-state index is 11.7. The van der Waals surface area contributed by atoms with E-state index in [2.05, 4.69) is 25.7 Å². The number of piperidine rings is 1. The molecule has 0 unspecified atom stereocenters. The third kappa shape index (κ3) is 4.01. The van der Waals surface area contributed by atoms with Gasteiger partial charge in [-0.1, -0.05) is 29.8 Å². The third-order valence-electron chi connectivity index (χ3n) is 5.80. The fourth-order valence-electron chi connectivity index (χ4n) is 4.18. The van der Waals surface area contributed by atoms with Gasteiger partial charge in [0, 0.05) is 50.5 Å². The van der Waals surface area contributed by atoms with Gasteiger partial charge in [-0.25, -0.2) is 0 Å². The van der Waals surface area contributed by atoms with Gasteiger partial charge in [0.2, 0.25) is 5.91 Å². The first-order chi connectivity index (χ1) is 13.1. The van der Waals surface area contributed by atoms with Gasteiger partial charge >= 0.3 is 0 Å². The minimum absolute atomic E-state index is 0.142. The van der Waals surface area contributed by atoms with Crippen LogP contribution in [0.15, 0.2) is 24.3 Å². The first-order valence-corrected chi connectivity index (χ1v) is 10.1. The molecule has 4 rings (SSSR count). The molecular weight excluding hydrogens is 362 g/mol. The predicted octanol–water partition coefficient (Wildman–Crippen LogP) is 2.72. The molecule has 1 fully saturated rings. The van der Waals surface area contributed by atoms with E-state index in [-0.39, 0.29) is 5.91 Å². The summed E-state index contributed by atoms with van der Waals surface area (Å²) in [6, 6.07) is 8.08. The number of hydrogen-bond donors (Lipinski definition) is 0. The molecule has 2 aliphatic heterocycles. The lowest BCUT2D eigenvalue weighted by Gasteiger charge is -2.32. The summed E-state index contributed by atoms with van der Waals surface area (Å²) in [6.45, 7) is 6.91. The Labute approximate surface area is 165 Å². The molecule has 0 bridgehead atoms. The van der Waals surface area contributed by atoms with Gasteiger partial charge in [0.15, 0.2) is 0 Å². The Bertz CT molecular complexity index is 812. The van der Waals surface area contributed by atoms with Crippen LogP contribution in [-0.2, 0) is 24.3 Å². The molecule has 0 saturated carbocycles. The number of likely N-dealkylation sites (tertiary alicyclic amines) is 1. The fourth-order valence-corrected chi connectivity index (χ4v) is 4.37. The van der Waals surface area contributed by atoms with Crippen LogP contribution in [0, 0.1) is 0 Å². The lowest BCUT2D eigenvalue weighted by molar-refractivity contribution is -0.128. The highest BCUT2D eigenvalue weighted by Gasteiger charge is 2.28. The average Bonchev–Trinajstić information content (AvgIpc) is 2.95. The van der Waals surface area contributed by atoms with Gasteiger partial charge in [-0.05, 0) is 37.6 Å². The highest BCUT2D eigenvalue weighted by atomic mass is 35.5. The van der Waals surface area contributed by atoms with Crippen molar-refractivity contribution in [2.75, 3.05) is 26.2 Å². The number of hydrogen-bond acceptors (Lipinski definition) is 4. The minimum atomic E-state index is 0.142. The maximum Gasteiger partial charge on any atom is 0.219 e. The number of fused-ring (bicyclic) bond motifs is 1. The molecule has 1 aromatic heterocycles. The zero-order valence-electron chi connectivity index (χ0n) is 15.8. The standard InChI is InChI=1S/C20H26ClN5O/c1-15(27)25-11-8-19-22-23-20(26(19)13-12-25)16-6-9-24(10-7-16)14-17-4-2-3-5-18(17)21/h2-5,16H,6-14H2,1H3. The van der Waals surface area contributed by atoms with Gasteiger partial charge in [-0.3, -0.25) is 9.69 Å². The Hall–Kier alpha value is -1.92. The van der Waals surface area contributed by atoms with Crippen LogP contribution in [0.25, 0.3) is 0 Å². The molecule has 2 aliphatic rings. The summed E-state index contributed by atoms with van der Waals surface area (Å²) >= 11 is 6.31. The molecule has 2 aromatic rings. The largest absolute Gasteiger partial charge is 0.341 e. The normalized spacial score (nSPS) is 19.0. The summed E-state index contributed by atoms with van der Waals surface area (Å²) in [5.41, 5.74) is 1.19. The molecule has 0 N–H and O–H groups in total. The van der Waals surface area contributed by atoms with Crippen molar-refractivity contribution >= 4 is 17.5 Å². The van der Waals surface area contributed by atoms with Crippen molar-refractivity contribution < 1.29 is 4.79 Å². The molecule has 3 heterocycles. The lowest BCUT2D eigenvalue weighted by atomic mass is 9.95. The fraction of sp³-hybridized carbons (Fsp3) is 0.550. The second-order valence-corrected chi connectivity index (χ2v) is 7.93. The van der Waals surface area contributed by atoms with E-state index in [4.69, 9.17) is 11.6 Å². The summed E-state index contributed by atoms with van der Waals surface area (Å²) < 4.78 is 2.26. The van der Waals surface area contributed by atoms with Crippen molar-refractivity contribution in [2.45, 2.75) is 45.2 Å². The van der Waals surface area contributed by atoms with Crippen LogP contribution in [0.1, 0.15) is 42.9 Å². The summed E-state index contributed by atoms with van der Waals surface area (Å²) in [6.07, 6.45) is 2.95. The molecule has 1 saturated heterocycles. The van der Waals surface area contributed by atoms with Gasteiger partial charge in [0.1, 0.15) is 11.6 Å². The van der Waals surface area contributed by atoms with Gasteiger partial charge in [-0.15, -0.1) is 10.2 Å². The second-order valence-electron chi connectivity index (χ2n) is 7.52. The van der Waals surface area contributed by atoms with Crippen molar-refractivity contribution in [1.29, 1.82) is 0 Å². The van der Waals surface area contributed by atoms with E-state index in [1.807, 2.05) is 23.1 Å². The molecule has 0 aliphatic carbocycles. The molecular formula is C20H26ClN5O. The second kappa shape index (κ2) is 7.98. The molecule has 1 aromatic carbocycles. The quantitative estimate of drug-likeness (QED) is 0.812. The number of benzene rings is 1. The number of carbonyl (C=O) groups excluding carboxylic acids is 1.